The summed E-state index contributed by atoms with van der Waals surface area (Å²) in [7, 11) is 0. The molecule has 1 aliphatic heterocycles. The molecule has 1 saturated heterocycles. The first-order valence-electron chi connectivity index (χ1n) is 7.96. The van der Waals surface area contributed by atoms with Crippen LogP contribution in [0.5, 0.6) is 0 Å². The van der Waals surface area contributed by atoms with Gasteiger partial charge in [0, 0.05) is 13.0 Å². The first kappa shape index (κ1) is 15.8. The van der Waals surface area contributed by atoms with Gasteiger partial charge >= 0.3 is 0 Å². The van der Waals surface area contributed by atoms with Crippen molar-refractivity contribution in [2.75, 3.05) is 19.6 Å². The summed E-state index contributed by atoms with van der Waals surface area (Å²) >= 11 is 0. The van der Waals surface area contributed by atoms with Gasteiger partial charge in [0.2, 0.25) is 5.91 Å². The number of carbonyl (C=O) groups excluding carboxylic acids is 1. The molecule has 0 spiro atoms. The fourth-order valence-corrected chi connectivity index (χ4v) is 2.71. The lowest BCUT2D eigenvalue weighted by Crippen LogP contribution is -2.45. The van der Waals surface area contributed by atoms with E-state index >= 15 is 0 Å². The highest BCUT2D eigenvalue weighted by Gasteiger charge is 2.25. The first-order valence-corrected chi connectivity index (χ1v) is 7.96. The van der Waals surface area contributed by atoms with Gasteiger partial charge in [-0.25, -0.2) is 0 Å². The molecule has 5 heteroatoms. The van der Waals surface area contributed by atoms with E-state index in [1.807, 2.05) is 30.3 Å². The van der Waals surface area contributed by atoms with Crippen LogP contribution >= 0.6 is 0 Å². The van der Waals surface area contributed by atoms with E-state index in [0.29, 0.717) is 24.6 Å². The van der Waals surface area contributed by atoms with Gasteiger partial charge in [-0.05, 0) is 36.7 Å². The predicted molar refractivity (Wildman–Crippen MR) is 86.5 cm³/mol. The molecule has 2 N–H and O–H groups in total. The van der Waals surface area contributed by atoms with Crippen molar-refractivity contribution in [2.45, 2.75) is 19.1 Å². The molecule has 1 amide bonds. The molecule has 0 bridgehead atoms. The van der Waals surface area contributed by atoms with Gasteiger partial charge in [-0.3, -0.25) is 4.79 Å². The highest BCUT2D eigenvalue weighted by molar-refractivity contribution is 5.76. The van der Waals surface area contributed by atoms with Crippen molar-refractivity contribution in [3.63, 3.8) is 0 Å². The standard InChI is InChI=1S/C18H22N2O3/c21-16(17-7-4-8-23-17)13-20(12-14-5-2-1-3-6-14)18(22)9-15-10-19-11-15/h1-8,15-16,19,21H,9-13H2. The Hall–Kier alpha value is -2.11. The van der Waals surface area contributed by atoms with Crippen LogP contribution in [0.25, 0.3) is 0 Å². The fourth-order valence-electron chi connectivity index (χ4n) is 2.71. The molecule has 1 atom stereocenters. The third kappa shape index (κ3) is 4.21. The molecule has 1 aliphatic rings. The van der Waals surface area contributed by atoms with Crippen molar-refractivity contribution in [1.29, 1.82) is 0 Å². The van der Waals surface area contributed by atoms with Gasteiger partial charge in [-0.15, -0.1) is 0 Å². The minimum Gasteiger partial charge on any atom is -0.467 e. The minimum absolute atomic E-state index is 0.0750. The lowest BCUT2D eigenvalue weighted by molar-refractivity contribution is -0.135. The number of benzene rings is 1. The molecule has 122 valence electrons. The van der Waals surface area contributed by atoms with E-state index in [1.54, 1.807) is 17.0 Å². The lowest BCUT2D eigenvalue weighted by Gasteiger charge is -2.31. The van der Waals surface area contributed by atoms with Crippen LogP contribution in [0.1, 0.15) is 23.8 Å². The summed E-state index contributed by atoms with van der Waals surface area (Å²) in [6.45, 7) is 2.52. The lowest BCUT2D eigenvalue weighted by atomic mass is 9.98. The number of hydrogen-bond donors (Lipinski definition) is 2. The van der Waals surface area contributed by atoms with Crippen molar-refractivity contribution < 1.29 is 14.3 Å². The zero-order chi connectivity index (χ0) is 16.1. The van der Waals surface area contributed by atoms with Crippen molar-refractivity contribution in [3.05, 3.63) is 60.1 Å². The largest absolute Gasteiger partial charge is 0.467 e. The van der Waals surface area contributed by atoms with E-state index in [9.17, 15) is 9.90 Å². The van der Waals surface area contributed by atoms with E-state index < -0.39 is 6.10 Å². The molecule has 5 nitrogen and oxygen atoms in total. The molecule has 0 radical (unpaired) electrons. The maximum absolute atomic E-state index is 12.6. The van der Waals surface area contributed by atoms with Gasteiger partial charge in [0.15, 0.2) is 0 Å². The maximum Gasteiger partial charge on any atom is 0.223 e. The van der Waals surface area contributed by atoms with Crippen molar-refractivity contribution in [2.24, 2.45) is 5.92 Å². The second-order valence-electron chi connectivity index (χ2n) is 6.02. The Morgan fingerprint density at radius 3 is 2.65 bits per heavy atom. The second kappa shape index (κ2) is 7.44. The normalized spacial score (nSPS) is 15.9. The molecule has 23 heavy (non-hydrogen) atoms. The van der Waals surface area contributed by atoms with Crippen molar-refractivity contribution in [3.8, 4) is 0 Å². The van der Waals surface area contributed by atoms with Gasteiger partial charge < -0.3 is 19.7 Å². The van der Waals surface area contributed by atoms with Crippen LogP contribution in [0, 0.1) is 5.92 Å². The van der Waals surface area contributed by atoms with Crippen LogP contribution in [-0.2, 0) is 11.3 Å². The van der Waals surface area contributed by atoms with Crippen LogP contribution in [-0.4, -0.2) is 35.5 Å². The summed E-state index contributed by atoms with van der Waals surface area (Å²) in [5.74, 6) is 0.966. The number of aliphatic hydroxyl groups is 1. The number of amides is 1. The van der Waals surface area contributed by atoms with Crippen LogP contribution < -0.4 is 5.32 Å². The molecule has 2 heterocycles. The molecule has 3 rings (SSSR count). The minimum atomic E-state index is -0.808. The predicted octanol–water partition coefficient (Wildman–Crippen LogP) is 1.95. The SMILES string of the molecule is O=C(CC1CNC1)N(Cc1ccccc1)CC(O)c1ccco1. The van der Waals surface area contributed by atoms with Crippen LogP contribution in [0.4, 0.5) is 0 Å². The summed E-state index contributed by atoms with van der Waals surface area (Å²) in [6, 6.07) is 13.3. The van der Waals surface area contributed by atoms with Gasteiger partial charge in [0.25, 0.3) is 0 Å². The highest BCUT2D eigenvalue weighted by atomic mass is 16.4. The molecule has 0 saturated carbocycles. The third-order valence-electron chi connectivity index (χ3n) is 4.16. The Morgan fingerprint density at radius 1 is 1.26 bits per heavy atom. The summed E-state index contributed by atoms with van der Waals surface area (Å²) in [5.41, 5.74) is 1.05. The fraction of sp³-hybridized carbons (Fsp3) is 0.389. The molecule has 1 aromatic carbocycles. The molecule has 0 aliphatic carbocycles. The number of nitrogens with one attached hydrogen (secondary N) is 1. The maximum atomic E-state index is 12.6. The van der Waals surface area contributed by atoms with E-state index in [0.717, 1.165) is 18.7 Å². The molecular formula is C18H22N2O3. The Labute approximate surface area is 135 Å². The molecule has 1 fully saturated rings. The molecule has 1 aromatic heterocycles. The smallest absolute Gasteiger partial charge is 0.223 e. The quantitative estimate of drug-likeness (QED) is 0.820. The van der Waals surface area contributed by atoms with E-state index in [1.165, 1.54) is 6.26 Å². The summed E-state index contributed by atoms with van der Waals surface area (Å²) in [4.78, 5) is 14.3. The van der Waals surface area contributed by atoms with Crippen LogP contribution in [0.3, 0.4) is 0 Å². The van der Waals surface area contributed by atoms with Gasteiger partial charge in [-0.1, -0.05) is 30.3 Å². The van der Waals surface area contributed by atoms with Crippen molar-refractivity contribution in [1.82, 2.24) is 10.2 Å². The van der Waals surface area contributed by atoms with Gasteiger partial charge in [0.1, 0.15) is 11.9 Å². The van der Waals surface area contributed by atoms with Crippen LogP contribution in [0.15, 0.2) is 53.1 Å². The monoisotopic (exact) mass is 314 g/mol. The average molecular weight is 314 g/mol. The zero-order valence-electron chi connectivity index (χ0n) is 13.0. The number of furan rings is 1. The molecule has 1 unspecified atom stereocenters. The number of hydrogen-bond acceptors (Lipinski definition) is 4. The number of nitrogens with zero attached hydrogens (tertiary/aromatic N) is 1. The van der Waals surface area contributed by atoms with E-state index in [2.05, 4.69) is 5.32 Å². The summed E-state index contributed by atoms with van der Waals surface area (Å²) in [6.07, 6.45) is 1.24. The number of aliphatic hydroxyl groups excluding tert-OH is 1. The van der Waals surface area contributed by atoms with Crippen LogP contribution in [0.2, 0.25) is 0 Å². The molecular weight excluding hydrogens is 292 g/mol. The average Bonchev–Trinajstić information content (AvgIpc) is 3.05. The van der Waals surface area contributed by atoms with E-state index in [4.69, 9.17) is 4.42 Å². The zero-order valence-corrected chi connectivity index (χ0v) is 13.0. The topological polar surface area (TPSA) is 65.7 Å². The Kier molecular flexibility index (Phi) is 5.10. The summed E-state index contributed by atoms with van der Waals surface area (Å²) < 4.78 is 5.24. The van der Waals surface area contributed by atoms with Gasteiger partial charge in [0.05, 0.1) is 12.8 Å². The highest BCUT2D eigenvalue weighted by Crippen LogP contribution is 2.19. The number of rotatable bonds is 7. The number of carbonyl (C=O) groups is 1. The first-order chi connectivity index (χ1) is 11.2. The van der Waals surface area contributed by atoms with Gasteiger partial charge in [-0.2, -0.15) is 0 Å². The second-order valence-corrected chi connectivity index (χ2v) is 6.02. The van der Waals surface area contributed by atoms with E-state index in [-0.39, 0.29) is 12.5 Å². The Bertz CT molecular complexity index is 608. The Morgan fingerprint density at radius 2 is 2.04 bits per heavy atom. The third-order valence-corrected chi connectivity index (χ3v) is 4.16. The summed E-state index contributed by atoms with van der Waals surface area (Å²) in [5, 5.41) is 13.5. The molecule has 2 aromatic rings. The Balaban J connectivity index is 1.68. The van der Waals surface area contributed by atoms with Crippen molar-refractivity contribution >= 4 is 5.91 Å².